The normalized spacial score (nSPS) is 23.8. The van der Waals surface area contributed by atoms with E-state index in [9.17, 15) is 9.90 Å². The Hall–Kier alpha value is -5.04. The third-order valence-corrected chi connectivity index (χ3v) is 13.3. The average molecular weight is 823 g/mol. The van der Waals surface area contributed by atoms with Gasteiger partial charge in [0, 0.05) is 50.2 Å². The number of benzene rings is 3. The summed E-state index contributed by atoms with van der Waals surface area (Å²) >= 11 is 0. The number of hydrogen-bond donors (Lipinski definition) is 1. The summed E-state index contributed by atoms with van der Waals surface area (Å²) in [4.78, 5) is 33.7. The van der Waals surface area contributed by atoms with Gasteiger partial charge in [-0.1, -0.05) is 25.5 Å². The molecule has 60 heavy (non-hydrogen) atoms. The zero-order chi connectivity index (χ0) is 41.9. The molecule has 4 aromatic rings. The van der Waals surface area contributed by atoms with Crippen molar-refractivity contribution >= 4 is 16.9 Å². The van der Waals surface area contributed by atoms with Gasteiger partial charge in [-0.15, -0.1) is 0 Å². The summed E-state index contributed by atoms with van der Waals surface area (Å²) in [6.45, 7) is 5.10. The van der Waals surface area contributed by atoms with Gasteiger partial charge in [-0.05, 0) is 115 Å². The molecule has 0 aliphatic carbocycles. The van der Waals surface area contributed by atoms with E-state index in [1.807, 2.05) is 23.1 Å². The fourth-order valence-electron chi connectivity index (χ4n) is 10.1. The second-order valence-corrected chi connectivity index (χ2v) is 16.5. The largest absolute Gasteiger partial charge is 0.493 e. The Morgan fingerprint density at radius 1 is 0.833 bits per heavy atom. The Morgan fingerprint density at radius 2 is 1.52 bits per heavy atom. The highest BCUT2D eigenvalue weighted by molar-refractivity contribution is 5.92. The molecule has 0 bridgehead atoms. The van der Waals surface area contributed by atoms with Crippen molar-refractivity contribution in [1.82, 2.24) is 9.80 Å². The van der Waals surface area contributed by atoms with Crippen LogP contribution in [0.15, 0.2) is 75.8 Å². The highest BCUT2D eigenvalue weighted by Crippen LogP contribution is 2.50. The minimum Gasteiger partial charge on any atom is -0.493 e. The van der Waals surface area contributed by atoms with Gasteiger partial charge in [-0.2, -0.15) is 0 Å². The smallest absolute Gasteiger partial charge is 0.289 e. The number of aliphatic hydroxyl groups excluding tert-OH is 1. The molecule has 5 heterocycles. The quantitative estimate of drug-likeness (QED) is 0.127. The maximum Gasteiger partial charge on any atom is 0.289 e. The van der Waals surface area contributed by atoms with Crippen molar-refractivity contribution in [2.24, 2.45) is 11.8 Å². The van der Waals surface area contributed by atoms with Gasteiger partial charge < -0.3 is 42.8 Å². The number of aliphatic hydroxyl groups is 1. The SMILES string of the molecule is CC[C@H]1CN2CCc3cc(OC)c(OC)cc3[C@@H]2C[C@@H]1C[C@@H]1c2cc(OC)c(OC)cc2CCN1C(=O)C1=C[C@H](c2coc3ccccc3c2=O)C[C@H](OCCCCO)O1. The molecule has 4 aliphatic rings. The summed E-state index contributed by atoms with van der Waals surface area (Å²) in [7, 11) is 6.66. The minimum atomic E-state index is -0.779. The maximum absolute atomic E-state index is 15.2. The molecule has 1 fully saturated rings. The van der Waals surface area contributed by atoms with E-state index >= 15 is 4.79 Å². The molecular formula is C48H58N2O10. The second kappa shape index (κ2) is 18.3. The highest BCUT2D eigenvalue weighted by Gasteiger charge is 2.43. The van der Waals surface area contributed by atoms with Crippen LogP contribution in [0.3, 0.4) is 0 Å². The number of piperidine rings is 1. The number of amides is 1. The first-order valence-electron chi connectivity index (χ1n) is 21.4. The molecule has 1 amide bonds. The number of para-hydroxylation sites is 1. The number of allylic oxidation sites excluding steroid dienone is 1. The van der Waals surface area contributed by atoms with Crippen LogP contribution in [0.4, 0.5) is 0 Å². The summed E-state index contributed by atoms with van der Waals surface area (Å²) in [5.41, 5.74) is 5.56. The topological polar surface area (TPSA) is 129 Å². The fourth-order valence-corrected chi connectivity index (χ4v) is 10.1. The van der Waals surface area contributed by atoms with Gasteiger partial charge in [0.25, 0.3) is 5.91 Å². The van der Waals surface area contributed by atoms with E-state index in [-0.39, 0.29) is 41.7 Å². The van der Waals surface area contributed by atoms with Gasteiger partial charge in [0.15, 0.2) is 34.2 Å². The number of carbonyl (C=O) groups is 1. The van der Waals surface area contributed by atoms with Crippen molar-refractivity contribution in [3.05, 3.63) is 105 Å². The zero-order valence-corrected chi connectivity index (χ0v) is 35.4. The lowest BCUT2D eigenvalue weighted by Crippen LogP contribution is -2.48. The molecule has 0 spiro atoms. The maximum atomic E-state index is 15.2. The van der Waals surface area contributed by atoms with Gasteiger partial charge in [-0.3, -0.25) is 14.5 Å². The van der Waals surface area contributed by atoms with Crippen molar-refractivity contribution in [3.63, 3.8) is 0 Å². The molecule has 0 saturated carbocycles. The Bertz CT molecular complexity index is 2270. The number of methoxy groups -OCH3 is 4. The molecule has 0 radical (unpaired) electrons. The molecule has 12 heteroatoms. The average Bonchev–Trinajstić information content (AvgIpc) is 3.29. The van der Waals surface area contributed by atoms with Crippen LogP contribution in [-0.4, -0.2) is 88.4 Å². The van der Waals surface area contributed by atoms with E-state index in [4.69, 9.17) is 32.8 Å². The molecule has 3 aromatic carbocycles. The number of fused-ring (bicyclic) bond motifs is 5. The molecule has 6 atom stereocenters. The zero-order valence-electron chi connectivity index (χ0n) is 35.4. The molecule has 4 aliphatic heterocycles. The van der Waals surface area contributed by atoms with Crippen molar-refractivity contribution < 1.29 is 42.7 Å². The van der Waals surface area contributed by atoms with E-state index < -0.39 is 12.2 Å². The number of unbranched alkanes of at least 4 members (excludes halogenated alkanes) is 1. The lowest BCUT2D eigenvalue weighted by molar-refractivity contribution is -0.155. The van der Waals surface area contributed by atoms with E-state index in [0.29, 0.717) is 72.8 Å². The molecule has 320 valence electrons. The van der Waals surface area contributed by atoms with Crippen molar-refractivity contribution in [1.29, 1.82) is 0 Å². The summed E-state index contributed by atoms with van der Waals surface area (Å²) in [6, 6.07) is 15.5. The molecule has 8 rings (SSSR count). The second-order valence-electron chi connectivity index (χ2n) is 16.5. The molecule has 1 aromatic heterocycles. The van der Waals surface area contributed by atoms with Crippen LogP contribution in [0.1, 0.15) is 91.3 Å². The first kappa shape index (κ1) is 41.7. The Morgan fingerprint density at radius 3 is 2.23 bits per heavy atom. The third kappa shape index (κ3) is 8.09. The predicted octanol–water partition coefficient (Wildman–Crippen LogP) is 7.49. The van der Waals surface area contributed by atoms with Gasteiger partial charge in [0.05, 0.1) is 52.7 Å². The van der Waals surface area contributed by atoms with Gasteiger partial charge in [0.1, 0.15) is 5.58 Å². The lowest BCUT2D eigenvalue weighted by atomic mass is 9.72. The summed E-state index contributed by atoms with van der Waals surface area (Å²) in [6.07, 6.45) is 8.33. The molecule has 0 unspecified atom stereocenters. The molecule has 12 nitrogen and oxygen atoms in total. The number of carbonyl (C=O) groups excluding carboxylic acids is 1. The lowest BCUT2D eigenvalue weighted by Gasteiger charge is -2.49. The van der Waals surface area contributed by atoms with Crippen LogP contribution in [0, 0.1) is 11.8 Å². The Balaban J connectivity index is 1.16. The van der Waals surface area contributed by atoms with E-state index in [0.717, 1.165) is 61.4 Å². The van der Waals surface area contributed by atoms with Crippen LogP contribution >= 0.6 is 0 Å². The molecule has 1 N–H and O–H groups in total. The monoisotopic (exact) mass is 822 g/mol. The van der Waals surface area contributed by atoms with Crippen molar-refractivity contribution in [3.8, 4) is 23.0 Å². The number of hydrogen-bond acceptors (Lipinski definition) is 11. The number of nitrogens with zero attached hydrogens (tertiary/aromatic N) is 2. The van der Waals surface area contributed by atoms with Crippen LogP contribution in [0.2, 0.25) is 0 Å². The van der Waals surface area contributed by atoms with Crippen LogP contribution in [-0.2, 0) is 27.1 Å². The minimum absolute atomic E-state index is 0.0574. The van der Waals surface area contributed by atoms with E-state index in [1.54, 1.807) is 46.6 Å². The molecule has 1 saturated heterocycles. The van der Waals surface area contributed by atoms with Gasteiger partial charge in [-0.25, -0.2) is 0 Å². The predicted molar refractivity (Wildman–Crippen MR) is 227 cm³/mol. The summed E-state index contributed by atoms with van der Waals surface area (Å²) in [5.74, 6) is 2.90. The highest BCUT2D eigenvalue weighted by atomic mass is 16.7. The van der Waals surface area contributed by atoms with E-state index in [1.165, 1.54) is 17.4 Å². The summed E-state index contributed by atoms with van der Waals surface area (Å²) in [5, 5.41) is 9.88. The Labute approximate surface area is 351 Å². The third-order valence-electron chi connectivity index (χ3n) is 13.3. The van der Waals surface area contributed by atoms with Gasteiger partial charge in [0.2, 0.25) is 6.29 Å². The van der Waals surface area contributed by atoms with Gasteiger partial charge >= 0.3 is 0 Å². The van der Waals surface area contributed by atoms with Crippen LogP contribution < -0.4 is 24.4 Å². The standard InChI is InChI=1S/C48H58N2O10/c1-6-29-27-49-15-13-30-21-41(54-2)43(56-4)25-35(30)38(49)19-32(29)20-39-36-26-44(57-5)42(55-3)22-31(36)14-16-50(39)48(53)45-23-33(24-46(60-45)58-18-10-9-17-51)37-28-59-40-12-8-7-11-34(40)47(37)52/h7-8,11-12,21-23,25-26,28-29,32-33,38-39,46,51H,6,9-10,13-20,24,27H2,1-5H3/t29-,32+,33-,38-,39+,46+/m0/s1. The van der Waals surface area contributed by atoms with E-state index in [2.05, 4.69) is 30.0 Å². The van der Waals surface area contributed by atoms with Crippen molar-refractivity contribution in [2.75, 3.05) is 61.3 Å². The number of ether oxygens (including phenoxy) is 6. The first-order valence-corrected chi connectivity index (χ1v) is 21.4. The fraction of sp³-hybridized carbons (Fsp3) is 0.500. The Kier molecular flexibility index (Phi) is 12.7. The van der Waals surface area contributed by atoms with Crippen LogP contribution in [0.25, 0.3) is 11.0 Å². The van der Waals surface area contributed by atoms with Crippen LogP contribution in [0.5, 0.6) is 23.0 Å². The van der Waals surface area contributed by atoms with Crippen molar-refractivity contribution in [2.45, 2.75) is 82.6 Å². The number of rotatable bonds is 14. The summed E-state index contributed by atoms with van der Waals surface area (Å²) < 4.78 is 41.7. The molecular weight excluding hydrogens is 765 g/mol. The first-order chi connectivity index (χ1) is 29.3.